The quantitative estimate of drug-likeness (QED) is 0.0444. The Hall–Kier alpha value is -11.4. The number of allylic oxidation sites excluding steroid dienone is 6. The Balaban J connectivity index is 0.000000212. The molecule has 11 N–H and O–H groups in total. The molecule has 18 atom stereocenters. The van der Waals surface area contributed by atoms with Crippen LogP contribution in [0.3, 0.4) is 0 Å². The van der Waals surface area contributed by atoms with Gasteiger partial charge in [-0.3, -0.25) is 33.6 Å². The molecule has 123 heavy (non-hydrogen) atoms. The molecular weight excluding hydrogens is 1580 g/mol. The van der Waals surface area contributed by atoms with E-state index in [4.69, 9.17) is 42.5 Å². The molecule has 2 aromatic heterocycles. The number of nitrogens with zero attached hydrogens (tertiary/aromatic N) is 4. The van der Waals surface area contributed by atoms with Crippen LogP contribution in [0.15, 0.2) is 125 Å². The van der Waals surface area contributed by atoms with Crippen LogP contribution in [-0.2, 0) is 28.6 Å². The number of aliphatic hydroxyl groups excluding tert-OH is 7. The lowest BCUT2D eigenvalue weighted by molar-refractivity contribution is -0.158. The first kappa shape index (κ1) is 89.4. The summed E-state index contributed by atoms with van der Waals surface area (Å²) in [4.78, 5) is 111. The van der Waals surface area contributed by atoms with Gasteiger partial charge in [-0.15, -0.1) is 0 Å². The number of ether oxygens (including phenoxy) is 5. The van der Waals surface area contributed by atoms with Crippen molar-refractivity contribution < 1.29 is 92.9 Å². The van der Waals surface area contributed by atoms with E-state index < -0.39 is 152 Å². The second-order valence-electron chi connectivity index (χ2n) is 34.9. The van der Waals surface area contributed by atoms with Crippen molar-refractivity contribution in [2.24, 2.45) is 59.2 Å². The van der Waals surface area contributed by atoms with Gasteiger partial charge in [-0.05, 0) is 102 Å². The van der Waals surface area contributed by atoms with E-state index in [1.54, 1.807) is 90.1 Å². The first-order valence-corrected chi connectivity index (χ1v) is 42.3. The highest BCUT2D eigenvalue weighted by atomic mass is 16.7. The van der Waals surface area contributed by atoms with Crippen LogP contribution < -0.4 is 62.1 Å². The number of carbonyl (C=O) groups is 3. The van der Waals surface area contributed by atoms with Crippen molar-refractivity contribution in [2.75, 3.05) is 46.6 Å². The maximum atomic E-state index is 14.8. The Labute approximate surface area is 709 Å². The van der Waals surface area contributed by atoms with Crippen molar-refractivity contribution in [1.29, 1.82) is 0 Å². The fraction of sp³-hybridized carbons (Fsp3) is 0.479. The zero-order valence-corrected chi connectivity index (χ0v) is 72.4. The third kappa shape index (κ3) is 16.6. The standard InChI is InChI=1S/C48H57N3O12.C46H55N3O11/c1-22-16-19-60-48(9)46(58)35-33-34(41(56)28(7)44(35)63-48)42(57)38(45-37(33)49-36-31(53)20-30(21-32(36)62-45)51-17-11-10-12-18-51)50-47(59)24(3)15-13-14-23(2)39(54)26(5)40(55)27(6)43(25(22)4)61-29(8)52;1-21-15-18-58-46(8)44(56)33-31-32(40(54)27(7)42(33)60-46)41(55)36(43-35(31)47-34-29(50)19-28(20-30(34)59-43)49-16-10-9-11-17-49)48-45(57)23(3)14-12-13-22(2)37(51)25(5)39(53)26(6)38(52)24(21)4/h13-16,19-23,25-27,39-40,43,54-56,58H,10-12,17-18H2,1-9H3,(H,50,59);12-15,18-22,24-26,37-39,51-54,56H,9-11,16-17H2,1-8H3,(H,48,57)/b14-13+,19-16+,24-15-;13-12+,18-15+,23-14-/t22-,23-,25+,26+,27+,39-,40+,43+,48-;21-,22-,24+,25+,26-,37-,38+,39+,46-/m00/s1. The summed E-state index contributed by atoms with van der Waals surface area (Å²) in [5.74, 6) is -12.6. The number of carbonyl (C=O) groups excluding carboxylic acids is 3. The van der Waals surface area contributed by atoms with Gasteiger partial charge in [-0.25, -0.2) is 9.97 Å². The van der Waals surface area contributed by atoms with Crippen LogP contribution in [0.2, 0.25) is 0 Å². The van der Waals surface area contributed by atoms with Gasteiger partial charge in [0.15, 0.2) is 44.9 Å². The largest absolute Gasteiger partial charge is 0.507 e. The van der Waals surface area contributed by atoms with Gasteiger partial charge in [0.2, 0.25) is 21.7 Å². The van der Waals surface area contributed by atoms with Crippen LogP contribution in [0.5, 0.6) is 23.0 Å². The van der Waals surface area contributed by atoms with Crippen molar-refractivity contribution in [3.63, 3.8) is 0 Å². The number of anilines is 4. The minimum absolute atomic E-state index is 0.00292. The minimum Gasteiger partial charge on any atom is -0.507 e. The van der Waals surface area contributed by atoms with Crippen LogP contribution in [0.4, 0.5) is 22.7 Å². The molecule has 29 nitrogen and oxygen atoms in total. The van der Waals surface area contributed by atoms with Crippen molar-refractivity contribution in [1.82, 2.24) is 9.97 Å². The molecule has 2 amide bonds. The first-order chi connectivity index (χ1) is 58.1. The van der Waals surface area contributed by atoms with Crippen LogP contribution in [-0.4, -0.2) is 148 Å². The Morgan fingerprint density at radius 1 is 0.463 bits per heavy atom. The molecule has 0 radical (unpaired) electrons. The third-order valence-corrected chi connectivity index (χ3v) is 26.3. The lowest BCUT2D eigenvalue weighted by Crippen LogP contribution is -2.45. The summed E-state index contributed by atoms with van der Waals surface area (Å²) in [5, 5.41) is 109. The second kappa shape index (κ2) is 35.1. The first-order valence-electron chi connectivity index (χ1n) is 42.3. The molecule has 0 saturated carbocycles. The normalized spacial score (nSPS) is 31.0. The van der Waals surface area contributed by atoms with E-state index >= 15 is 0 Å². The summed E-state index contributed by atoms with van der Waals surface area (Å²) >= 11 is 0. The lowest BCUT2D eigenvalue weighted by Gasteiger charge is -2.37. The van der Waals surface area contributed by atoms with E-state index in [1.807, 2.05) is 27.7 Å². The molecule has 6 aromatic carbocycles. The number of amides is 2. The van der Waals surface area contributed by atoms with Gasteiger partial charge >= 0.3 is 17.5 Å². The molecule has 8 aliphatic heterocycles. The average molecular weight is 1690 g/mol. The third-order valence-electron chi connectivity index (χ3n) is 26.3. The van der Waals surface area contributed by atoms with E-state index in [2.05, 4.69) is 20.4 Å². The summed E-state index contributed by atoms with van der Waals surface area (Å²) in [6.07, 6.45) is 15.6. The number of aromatic hydroxyl groups is 2. The molecule has 2 saturated heterocycles. The van der Waals surface area contributed by atoms with Crippen LogP contribution >= 0.6 is 0 Å². The minimum atomic E-state index is -1.92. The summed E-state index contributed by atoms with van der Waals surface area (Å²) < 4.78 is 43.4. The molecule has 656 valence electrons. The molecule has 29 heteroatoms. The van der Waals surface area contributed by atoms with Gasteiger partial charge in [-0.1, -0.05) is 106 Å². The maximum absolute atomic E-state index is 14.8. The van der Waals surface area contributed by atoms with E-state index in [0.29, 0.717) is 11.4 Å². The van der Waals surface area contributed by atoms with Gasteiger partial charge in [0, 0.05) is 151 Å². The smallest absolute Gasteiger partial charge is 0.307 e. The highest BCUT2D eigenvalue weighted by Gasteiger charge is 2.47. The van der Waals surface area contributed by atoms with E-state index in [1.165, 1.54) is 85.3 Å². The number of hydrogen-bond donors (Lipinski definition) is 11. The number of phenols is 2. The van der Waals surface area contributed by atoms with Gasteiger partial charge in [0.05, 0.1) is 64.3 Å². The van der Waals surface area contributed by atoms with Crippen LogP contribution in [0.1, 0.15) is 154 Å². The van der Waals surface area contributed by atoms with Crippen molar-refractivity contribution in [2.45, 2.75) is 204 Å². The Morgan fingerprint density at radius 3 is 1.22 bits per heavy atom. The fourth-order valence-electron chi connectivity index (χ4n) is 17.8. The fourth-order valence-corrected chi connectivity index (χ4v) is 17.8. The number of aromatic nitrogens is 2. The number of nitrogens with one attached hydrogen (secondary N) is 2. The molecule has 10 bridgehead atoms. The molecule has 0 aliphatic carbocycles. The van der Waals surface area contributed by atoms with Crippen LogP contribution in [0.25, 0.3) is 77.5 Å². The number of piperidine rings is 2. The Kier molecular flexibility index (Phi) is 25.5. The molecule has 0 spiro atoms. The number of esters is 1. The van der Waals surface area contributed by atoms with Gasteiger partial charge in [-0.2, -0.15) is 0 Å². The number of phenolic OH excluding ortho intramolecular Hbond substituents is 2. The SMILES string of the molecule is C/C1=C/C=C/[C@H](C)[C@H](O)[C@@H](C)[C@@H](O)[C@@H](C)[C@H](O)[C@H](C)[C@@H](C)/C=C/O[C@@]2(C)Oc3c(C)c(O)c4c(=O)c(c5oc6cc(N7CCCCC7)cc(=O)c6nc5c4c3=C2O)NC1=O.CC(=O)O[C@H]1[C@H](C)[C@H](O)[C@H](C)[C@@H](O)[C@@H](C)/C=C/C=C(/C)C(=O)Nc2c(=O)c3c(O)c(C)c4c(c3c3nc5c(=O)cc(N6CCCCC6)cc5oc23)=C(O)[C@@](C)(O/C=C/[C@H](C)[C@H]1C)O4. The monoisotopic (exact) mass is 1690 g/mol. The van der Waals surface area contributed by atoms with Gasteiger partial charge in [0.25, 0.3) is 11.8 Å². The zero-order chi connectivity index (χ0) is 89.3. The topological polar surface area (TPSA) is 430 Å². The predicted molar refractivity (Wildman–Crippen MR) is 469 cm³/mol. The van der Waals surface area contributed by atoms with Crippen molar-refractivity contribution in [3.05, 3.63) is 159 Å². The zero-order valence-electron chi connectivity index (χ0n) is 72.4. The second-order valence-corrected chi connectivity index (χ2v) is 34.9. The highest BCUT2D eigenvalue weighted by molar-refractivity contribution is 6.18. The van der Waals surface area contributed by atoms with Gasteiger partial charge in [0.1, 0.15) is 51.5 Å². The van der Waals surface area contributed by atoms with Crippen molar-refractivity contribution in [3.8, 4) is 23.0 Å². The molecule has 0 unspecified atom stereocenters. The molecule has 8 aromatic rings. The van der Waals surface area contributed by atoms with Crippen molar-refractivity contribution >= 4 is 118 Å². The summed E-state index contributed by atoms with van der Waals surface area (Å²) in [6, 6.07) is 6.33. The number of fused-ring (bicyclic) bond motifs is 28. The maximum Gasteiger partial charge on any atom is 0.307 e. The Bertz CT molecular complexity index is 6160. The lowest BCUT2D eigenvalue weighted by atomic mass is 9.77. The van der Waals surface area contributed by atoms with E-state index in [9.17, 15) is 79.5 Å². The number of hydrogen-bond acceptors (Lipinski definition) is 27. The molecular formula is C94H112N6O23. The predicted octanol–water partition coefficient (Wildman–Crippen LogP) is 11.8. The van der Waals surface area contributed by atoms with E-state index in [0.717, 1.165) is 64.7 Å². The van der Waals surface area contributed by atoms with E-state index in [-0.39, 0.29) is 139 Å². The summed E-state index contributed by atoms with van der Waals surface area (Å²) in [5.41, 5.74) is -2.18. The molecule has 8 aliphatic rings. The van der Waals surface area contributed by atoms with Gasteiger partial charge < -0.3 is 98.9 Å². The summed E-state index contributed by atoms with van der Waals surface area (Å²) in [7, 11) is 0. The van der Waals surface area contributed by atoms with Crippen LogP contribution in [0, 0.1) is 73.0 Å². The average Bonchev–Trinajstić information content (AvgIpc) is 1.62. The highest BCUT2D eigenvalue weighted by Crippen LogP contribution is 2.46. The molecule has 10 heterocycles. The summed E-state index contributed by atoms with van der Waals surface area (Å²) in [6.45, 7) is 31.1. The molecule has 2 fully saturated rings. The number of benzene rings is 6. The number of aliphatic hydroxyl groups is 7. The number of rotatable bonds is 3. The Morgan fingerprint density at radius 2 is 0.829 bits per heavy atom. The molecule has 16 rings (SSSR count).